The summed E-state index contributed by atoms with van der Waals surface area (Å²) >= 11 is 0. The quantitative estimate of drug-likeness (QED) is 0.415. The molecule has 1 saturated carbocycles. The number of hydrogen-bond donors (Lipinski definition) is 0. The zero-order valence-electron chi connectivity index (χ0n) is 16.0. The van der Waals surface area contributed by atoms with E-state index < -0.39 is 5.63 Å². The lowest BCUT2D eigenvalue weighted by atomic mass is 10.1. The van der Waals surface area contributed by atoms with Crippen LogP contribution in [0.3, 0.4) is 0 Å². The number of aromatic nitrogens is 5. The van der Waals surface area contributed by atoms with Gasteiger partial charge in [-0.25, -0.2) is 9.48 Å². The molecule has 0 atom stereocenters. The SMILES string of the molecule is O=c1oc2ccccc2cc1-c1nc(-c2ccc3c(c2)nnn3C2CCCC2)no1. The zero-order valence-corrected chi connectivity index (χ0v) is 16.0. The second-order valence-electron chi connectivity index (χ2n) is 7.58. The summed E-state index contributed by atoms with van der Waals surface area (Å²) in [5, 5.41) is 13.5. The minimum Gasteiger partial charge on any atom is -0.422 e. The topological polar surface area (TPSA) is 99.8 Å². The number of para-hydroxylation sites is 1. The van der Waals surface area contributed by atoms with E-state index in [1.807, 2.05) is 41.1 Å². The standard InChI is InChI=1S/C22H17N5O3/c28-22-16(11-13-5-1-4-8-19(13)29-22)21-23-20(25-30-21)14-9-10-18-17(12-14)24-26-27(18)15-6-2-3-7-15/h1,4-5,8-12,15H,2-3,6-7H2. The van der Waals surface area contributed by atoms with Crippen molar-refractivity contribution in [1.29, 1.82) is 0 Å². The lowest BCUT2D eigenvalue weighted by Crippen LogP contribution is -2.06. The van der Waals surface area contributed by atoms with E-state index >= 15 is 0 Å². The molecule has 6 rings (SSSR count). The summed E-state index contributed by atoms with van der Waals surface area (Å²) < 4.78 is 12.8. The molecule has 8 nitrogen and oxygen atoms in total. The number of rotatable bonds is 3. The number of nitrogens with zero attached hydrogens (tertiary/aromatic N) is 5. The average Bonchev–Trinajstić information content (AvgIpc) is 3.52. The molecule has 0 unspecified atom stereocenters. The fourth-order valence-electron chi connectivity index (χ4n) is 4.16. The van der Waals surface area contributed by atoms with Crippen LogP contribution in [-0.2, 0) is 0 Å². The Hall–Kier alpha value is -3.81. The number of hydrogen-bond acceptors (Lipinski definition) is 7. The van der Waals surface area contributed by atoms with Crippen LogP contribution in [0.1, 0.15) is 31.7 Å². The van der Waals surface area contributed by atoms with Gasteiger partial charge in [-0.05, 0) is 43.2 Å². The minimum atomic E-state index is -0.515. The average molecular weight is 399 g/mol. The van der Waals surface area contributed by atoms with Gasteiger partial charge in [-0.3, -0.25) is 0 Å². The van der Waals surface area contributed by atoms with E-state index in [9.17, 15) is 4.79 Å². The molecule has 5 aromatic rings. The van der Waals surface area contributed by atoms with Crippen LogP contribution >= 0.6 is 0 Å². The Balaban J connectivity index is 1.38. The van der Waals surface area contributed by atoms with Crippen molar-refractivity contribution in [3.8, 4) is 22.8 Å². The molecule has 0 radical (unpaired) electrons. The monoisotopic (exact) mass is 399 g/mol. The van der Waals surface area contributed by atoms with Crippen LogP contribution in [0.4, 0.5) is 0 Å². The van der Waals surface area contributed by atoms with Crippen molar-refractivity contribution in [3.63, 3.8) is 0 Å². The first-order valence-electron chi connectivity index (χ1n) is 9.98. The van der Waals surface area contributed by atoms with Crippen LogP contribution < -0.4 is 5.63 Å². The smallest absolute Gasteiger partial charge is 0.349 e. The van der Waals surface area contributed by atoms with Gasteiger partial charge in [0.2, 0.25) is 5.82 Å². The Bertz CT molecular complexity index is 1440. The Morgan fingerprint density at radius 1 is 1.03 bits per heavy atom. The van der Waals surface area contributed by atoms with Gasteiger partial charge in [-0.2, -0.15) is 4.98 Å². The molecule has 0 aliphatic heterocycles. The van der Waals surface area contributed by atoms with Gasteiger partial charge < -0.3 is 8.94 Å². The third kappa shape index (κ3) is 2.72. The number of benzene rings is 2. The number of fused-ring (bicyclic) bond motifs is 2. The van der Waals surface area contributed by atoms with Crippen LogP contribution in [0.15, 0.2) is 62.3 Å². The van der Waals surface area contributed by atoms with Crippen molar-refractivity contribution in [2.45, 2.75) is 31.7 Å². The second-order valence-corrected chi connectivity index (χ2v) is 7.58. The molecule has 148 valence electrons. The normalized spacial score (nSPS) is 14.8. The highest BCUT2D eigenvalue weighted by atomic mass is 16.5. The molecule has 1 aliphatic carbocycles. The molecule has 0 bridgehead atoms. The second kappa shape index (κ2) is 6.62. The van der Waals surface area contributed by atoms with Crippen molar-refractivity contribution in [3.05, 3.63) is 59.0 Å². The highest BCUT2D eigenvalue weighted by Crippen LogP contribution is 2.32. The molecule has 3 heterocycles. The van der Waals surface area contributed by atoms with Gasteiger partial charge in [0.1, 0.15) is 16.7 Å². The Morgan fingerprint density at radius 3 is 2.80 bits per heavy atom. The maximum atomic E-state index is 12.4. The highest BCUT2D eigenvalue weighted by molar-refractivity contribution is 5.81. The highest BCUT2D eigenvalue weighted by Gasteiger charge is 2.21. The van der Waals surface area contributed by atoms with Crippen LogP contribution in [0.25, 0.3) is 44.8 Å². The van der Waals surface area contributed by atoms with E-state index in [-0.39, 0.29) is 11.5 Å². The first-order chi connectivity index (χ1) is 14.8. The first-order valence-corrected chi connectivity index (χ1v) is 9.98. The predicted molar refractivity (Wildman–Crippen MR) is 110 cm³/mol. The maximum Gasteiger partial charge on any atom is 0.349 e. The summed E-state index contributed by atoms with van der Waals surface area (Å²) in [5.41, 5.74) is 2.78. The maximum absolute atomic E-state index is 12.4. The van der Waals surface area contributed by atoms with E-state index in [2.05, 4.69) is 20.5 Å². The van der Waals surface area contributed by atoms with Crippen molar-refractivity contribution in [2.24, 2.45) is 0 Å². The van der Waals surface area contributed by atoms with Gasteiger partial charge in [-0.1, -0.05) is 41.4 Å². The van der Waals surface area contributed by atoms with Crippen molar-refractivity contribution in [1.82, 2.24) is 25.1 Å². The van der Waals surface area contributed by atoms with Crippen LogP contribution in [0.2, 0.25) is 0 Å². The first kappa shape index (κ1) is 17.1. The Morgan fingerprint density at radius 2 is 1.90 bits per heavy atom. The molecule has 2 aromatic carbocycles. The summed E-state index contributed by atoms with van der Waals surface area (Å²) in [5.74, 6) is 0.508. The predicted octanol–water partition coefficient (Wildman–Crippen LogP) is 4.37. The van der Waals surface area contributed by atoms with E-state index in [4.69, 9.17) is 8.94 Å². The van der Waals surface area contributed by atoms with Gasteiger partial charge in [0.15, 0.2) is 0 Å². The molecule has 1 aliphatic rings. The molecule has 30 heavy (non-hydrogen) atoms. The van der Waals surface area contributed by atoms with Gasteiger partial charge in [0.05, 0.1) is 11.6 Å². The summed E-state index contributed by atoms with van der Waals surface area (Å²) in [6, 6.07) is 15.2. The summed E-state index contributed by atoms with van der Waals surface area (Å²) in [6.45, 7) is 0. The molecular weight excluding hydrogens is 382 g/mol. The molecule has 3 aromatic heterocycles. The molecular formula is C22H17N5O3. The van der Waals surface area contributed by atoms with Crippen LogP contribution in [0.5, 0.6) is 0 Å². The zero-order chi connectivity index (χ0) is 20.1. The third-order valence-corrected chi connectivity index (χ3v) is 5.70. The third-order valence-electron chi connectivity index (χ3n) is 5.70. The van der Waals surface area contributed by atoms with Gasteiger partial charge in [0, 0.05) is 10.9 Å². The fraction of sp³-hybridized carbons (Fsp3) is 0.227. The molecule has 0 saturated heterocycles. The van der Waals surface area contributed by atoms with Crippen molar-refractivity contribution < 1.29 is 8.94 Å². The molecule has 0 N–H and O–H groups in total. The van der Waals surface area contributed by atoms with Gasteiger partial charge in [-0.15, -0.1) is 5.10 Å². The van der Waals surface area contributed by atoms with Crippen LogP contribution in [-0.4, -0.2) is 25.1 Å². The minimum absolute atomic E-state index is 0.124. The lowest BCUT2D eigenvalue weighted by Gasteiger charge is -2.09. The van der Waals surface area contributed by atoms with E-state index in [1.165, 1.54) is 12.8 Å². The summed E-state index contributed by atoms with van der Waals surface area (Å²) in [4.78, 5) is 16.8. The van der Waals surface area contributed by atoms with Gasteiger partial charge in [0.25, 0.3) is 5.89 Å². The molecule has 0 amide bonds. The Kier molecular flexibility index (Phi) is 3.77. The summed E-state index contributed by atoms with van der Waals surface area (Å²) in [6.07, 6.45) is 4.75. The molecule has 1 fully saturated rings. The van der Waals surface area contributed by atoms with E-state index in [1.54, 1.807) is 12.1 Å². The van der Waals surface area contributed by atoms with Crippen molar-refractivity contribution >= 4 is 22.0 Å². The van der Waals surface area contributed by atoms with Crippen molar-refractivity contribution in [2.75, 3.05) is 0 Å². The fourth-order valence-corrected chi connectivity index (χ4v) is 4.16. The van der Waals surface area contributed by atoms with Crippen LogP contribution in [0, 0.1) is 0 Å². The summed E-state index contributed by atoms with van der Waals surface area (Å²) in [7, 11) is 0. The largest absolute Gasteiger partial charge is 0.422 e. The molecule has 8 heteroatoms. The van der Waals surface area contributed by atoms with Gasteiger partial charge >= 0.3 is 5.63 Å². The molecule has 0 spiro atoms. The van der Waals surface area contributed by atoms with E-state index in [0.29, 0.717) is 17.4 Å². The van der Waals surface area contributed by atoms with E-state index in [0.717, 1.165) is 34.8 Å². The lowest BCUT2D eigenvalue weighted by molar-refractivity contribution is 0.429. The Labute approximate surface area is 170 Å².